The van der Waals surface area contributed by atoms with Gasteiger partial charge in [0.25, 0.3) is 0 Å². The van der Waals surface area contributed by atoms with Gasteiger partial charge in [0.05, 0.1) is 13.0 Å². The summed E-state index contributed by atoms with van der Waals surface area (Å²) < 4.78 is 5.32. The molecule has 1 saturated heterocycles. The molecular weight excluding hydrogens is 242 g/mol. The van der Waals surface area contributed by atoms with Crippen LogP contribution in [0, 0.1) is 0 Å². The van der Waals surface area contributed by atoms with Crippen LogP contribution in [0.5, 0.6) is 5.75 Å². The van der Waals surface area contributed by atoms with Crippen molar-refractivity contribution in [3.05, 3.63) is 29.3 Å². The average molecular weight is 261 g/mol. The lowest BCUT2D eigenvalue weighted by Gasteiger charge is -2.22. The molecule has 1 fully saturated rings. The number of carbonyl (C=O) groups excluding carboxylic acids is 2. The number of amides is 2. The molecule has 2 rings (SSSR count). The largest absolute Gasteiger partial charge is 0.496 e. The Balaban J connectivity index is 2.48. The topological polar surface area (TPSA) is 55.4 Å². The van der Waals surface area contributed by atoms with Gasteiger partial charge < -0.3 is 4.74 Å². The number of hydrogen-bond donors (Lipinski definition) is 1. The number of ether oxygens (including phenoxy) is 1. The van der Waals surface area contributed by atoms with E-state index >= 15 is 0 Å². The number of benzene rings is 1. The molecule has 1 unspecified atom stereocenters. The molecule has 102 valence electrons. The number of methoxy groups -OCH3 is 1. The van der Waals surface area contributed by atoms with Gasteiger partial charge in [-0.05, 0) is 17.0 Å². The van der Waals surface area contributed by atoms with E-state index in [0.29, 0.717) is 5.75 Å². The van der Waals surface area contributed by atoms with Crippen LogP contribution in [0.15, 0.2) is 18.2 Å². The minimum Gasteiger partial charge on any atom is -0.496 e. The van der Waals surface area contributed by atoms with Gasteiger partial charge in [0.15, 0.2) is 0 Å². The fraction of sp³-hybridized carbons (Fsp3) is 0.467. The van der Waals surface area contributed by atoms with Crippen molar-refractivity contribution in [2.45, 2.75) is 38.5 Å². The van der Waals surface area contributed by atoms with E-state index in [1.54, 1.807) is 7.11 Å². The van der Waals surface area contributed by atoms with E-state index in [0.717, 1.165) is 11.1 Å². The van der Waals surface area contributed by atoms with E-state index in [2.05, 4.69) is 26.1 Å². The van der Waals surface area contributed by atoms with Crippen molar-refractivity contribution in [2.24, 2.45) is 0 Å². The van der Waals surface area contributed by atoms with Gasteiger partial charge in [0.1, 0.15) is 5.75 Å². The molecule has 0 saturated carbocycles. The minimum absolute atomic E-state index is 0.0138. The van der Waals surface area contributed by atoms with Gasteiger partial charge in [-0.15, -0.1) is 0 Å². The third-order valence-electron chi connectivity index (χ3n) is 3.44. The molecule has 1 aliphatic rings. The van der Waals surface area contributed by atoms with E-state index in [9.17, 15) is 9.59 Å². The standard InChI is InChI=1S/C15H19NO3/c1-15(2,3)9-5-6-12(19-4)10(7-9)11-8-13(17)16-14(11)18/h5-7,11H,8H2,1-4H3,(H,16,17,18). The van der Waals surface area contributed by atoms with Crippen LogP contribution in [0.1, 0.15) is 44.2 Å². The molecular formula is C15H19NO3. The summed E-state index contributed by atoms with van der Waals surface area (Å²) in [6.45, 7) is 6.33. The van der Waals surface area contributed by atoms with Crippen molar-refractivity contribution in [1.82, 2.24) is 5.32 Å². The predicted molar refractivity (Wildman–Crippen MR) is 72.2 cm³/mol. The molecule has 2 amide bonds. The Labute approximate surface area is 113 Å². The van der Waals surface area contributed by atoms with Crippen molar-refractivity contribution >= 4 is 11.8 Å². The zero-order valence-electron chi connectivity index (χ0n) is 11.7. The predicted octanol–water partition coefficient (Wildman–Crippen LogP) is 2.12. The van der Waals surface area contributed by atoms with Crippen molar-refractivity contribution in [3.63, 3.8) is 0 Å². The molecule has 4 nitrogen and oxygen atoms in total. The quantitative estimate of drug-likeness (QED) is 0.830. The number of hydrogen-bond acceptors (Lipinski definition) is 3. The molecule has 1 heterocycles. The number of carbonyl (C=O) groups is 2. The Kier molecular flexibility index (Phi) is 3.35. The fourth-order valence-corrected chi connectivity index (χ4v) is 2.28. The summed E-state index contributed by atoms with van der Waals surface area (Å²) in [6.07, 6.45) is 0.197. The van der Waals surface area contributed by atoms with E-state index < -0.39 is 5.92 Å². The van der Waals surface area contributed by atoms with Gasteiger partial charge in [0, 0.05) is 12.0 Å². The summed E-state index contributed by atoms with van der Waals surface area (Å²) in [5.41, 5.74) is 1.90. The Morgan fingerprint density at radius 3 is 2.42 bits per heavy atom. The van der Waals surface area contributed by atoms with Crippen LogP contribution in [0.3, 0.4) is 0 Å². The molecule has 0 radical (unpaired) electrons. The van der Waals surface area contributed by atoms with Crippen LogP contribution in [-0.2, 0) is 15.0 Å². The summed E-state index contributed by atoms with van der Waals surface area (Å²) in [4.78, 5) is 23.2. The maximum absolute atomic E-state index is 11.8. The second kappa shape index (κ2) is 4.68. The van der Waals surface area contributed by atoms with Crippen LogP contribution in [0.2, 0.25) is 0 Å². The molecule has 1 aliphatic heterocycles. The van der Waals surface area contributed by atoms with Crippen molar-refractivity contribution < 1.29 is 14.3 Å². The van der Waals surface area contributed by atoms with Crippen LogP contribution in [0.4, 0.5) is 0 Å². The SMILES string of the molecule is COc1ccc(C(C)(C)C)cc1C1CC(=O)NC1=O. The normalized spacial score (nSPS) is 19.5. The Hall–Kier alpha value is -1.84. The molecule has 0 spiro atoms. The van der Waals surface area contributed by atoms with Gasteiger partial charge in [-0.3, -0.25) is 14.9 Å². The Morgan fingerprint density at radius 1 is 1.26 bits per heavy atom. The minimum atomic E-state index is -0.440. The highest BCUT2D eigenvalue weighted by atomic mass is 16.5. The second-order valence-electron chi connectivity index (χ2n) is 5.88. The fourth-order valence-electron chi connectivity index (χ4n) is 2.28. The maximum Gasteiger partial charge on any atom is 0.234 e. The zero-order chi connectivity index (χ0) is 14.2. The lowest BCUT2D eigenvalue weighted by atomic mass is 9.84. The van der Waals surface area contributed by atoms with Crippen LogP contribution < -0.4 is 10.1 Å². The van der Waals surface area contributed by atoms with Crippen molar-refractivity contribution in [2.75, 3.05) is 7.11 Å². The van der Waals surface area contributed by atoms with Crippen molar-refractivity contribution in [3.8, 4) is 5.75 Å². The van der Waals surface area contributed by atoms with E-state index in [-0.39, 0.29) is 23.7 Å². The summed E-state index contributed by atoms with van der Waals surface area (Å²) in [5.74, 6) is -0.250. The highest BCUT2D eigenvalue weighted by molar-refractivity contribution is 6.06. The molecule has 19 heavy (non-hydrogen) atoms. The molecule has 0 aliphatic carbocycles. The van der Waals surface area contributed by atoms with Crippen LogP contribution in [-0.4, -0.2) is 18.9 Å². The molecule has 1 aromatic rings. The number of imide groups is 1. The summed E-state index contributed by atoms with van der Waals surface area (Å²) in [6, 6.07) is 5.84. The van der Waals surface area contributed by atoms with Gasteiger partial charge in [0.2, 0.25) is 11.8 Å². The Bertz CT molecular complexity index is 529. The molecule has 4 heteroatoms. The third kappa shape index (κ3) is 2.62. The third-order valence-corrected chi connectivity index (χ3v) is 3.44. The first-order valence-corrected chi connectivity index (χ1v) is 6.35. The average Bonchev–Trinajstić information content (AvgIpc) is 2.66. The lowest BCUT2D eigenvalue weighted by molar-refractivity contribution is -0.125. The van der Waals surface area contributed by atoms with E-state index in [4.69, 9.17) is 4.74 Å². The van der Waals surface area contributed by atoms with Crippen LogP contribution >= 0.6 is 0 Å². The first-order valence-electron chi connectivity index (χ1n) is 6.35. The molecule has 0 aromatic heterocycles. The molecule has 0 bridgehead atoms. The number of rotatable bonds is 2. The van der Waals surface area contributed by atoms with Crippen molar-refractivity contribution in [1.29, 1.82) is 0 Å². The molecule has 1 aromatic carbocycles. The zero-order valence-corrected chi connectivity index (χ0v) is 11.7. The number of nitrogens with one attached hydrogen (secondary N) is 1. The summed E-state index contributed by atoms with van der Waals surface area (Å²) >= 11 is 0. The van der Waals surface area contributed by atoms with Gasteiger partial charge in [-0.2, -0.15) is 0 Å². The first kappa shape index (κ1) is 13.6. The van der Waals surface area contributed by atoms with Gasteiger partial charge in [-0.25, -0.2) is 0 Å². The van der Waals surface area contributed by atoms with E-state index in [1.165, 1.54) is 0 Å². The maximum atomic E-state index is 11.8. The van der Waals surface area contributed by atoms with Crippen LogP contribution in [0.25, 0.3) is 0 Å². The summed E-state index contributed by atoms with van der Waals surface area (Å²) in [5, 5.41) is 2.34. The Morgan fingerprint density at radius 2 is 1.95 bits per heavy atom. The van der Waals surface area contributed by atoms with E-state index in [1.807, 2.05) is 18.2 Å². The summed E-state index contributed by atoms with van der Waals surface area (Å²) in [7, 11) is 1.57. The lowest BCUT2D eigenvalue weighted by Crippen LogP contribution is -2.22. The first-order chi connectivity index (χ1) is 8.82. The second-order valence-corrected chi connectivity index (χ2v) is 5.88. The van der Waals surface area contributed by atoms with Gasteiger partial charge >= 0.3 is 0 Å². The molecule has 1 atom stereocenters. The van der Waals surface area contributed by atoms with Gasteiger partial charge in [-0.1, -0.05) is 32.9 Å². The smallest absolute Gasteiger partial charge is 0.234 e. The highest BCUT2D eigenvalue weighted by Gasteiger charge is 2.34. The monoisotopic (exact) mass is 261 g/mol. The molecule has 1 N–H and O–H groups in total. The highest BCUT2D eigenvalue weighted by Crippen LogP contribution is 2.35.